The van der Waals surface area contributed by atoms with E-state index in [2.05, 4.69) is 30.3 Å². The van der Waals surface area contributed by atoms with Gasteiger partial charge in [0.1, 0.15) is 0 Å². The number of nitrogens with zero attached hydrogens (tertiary/aromatic N) is 2. The van der Waals surface area contributed by atoms with Crippen LogP contribution in [0.3, 0.4) is 0 Å². The van der Waals surface area contributed by atoms with Crippen LogP contribution in [0.15, 0.2) is 12.1 Å². The maximum Gasteiger partial charge on any atom is 0.0931 e. The highest BCUT2D eigenvalue weighted by Crippen LogP contribution is 2.23. The minimum absolute atomic E-state index is 0.476. The summed E-state index contributed by atoms with van der Waals surface area (Å²) >= 11 is 7.66. The highest BCUT2D eigenvalue weighted by atomic mass is 35.5. The van der Waals surface area contributed by atoms with Gasteiger partial charge in [-0.05, 0) is 57.9 Å². The Morgan fingerprint density at radius 1 is 1.40 bits per heavy atom. The summed E-state index contributed by atoms with van der Waals surface area (Å²) in [6, 6.07) is 4.57. The summed E-state index contributed by atoms with van der Waals surface area (Å²) < 4.78 is 2.84. The monoisotopic (exact) mass is 311 g/mol. The number of aryl methyl sites for hydroxylation is 2. The molecular formula is C15H22ClN3S. The summed E-state index contributed by atoms with van der Waals surface area (Å²) in [5.41, 5.74) is 3.81. The van der Waals surface area contributed by atoms with Crippen molar-refractivity contribution in [2.75, 3.05) is 7.05 Å². The predicted molar refractivity (Wildman–Crippen MR) is 86.9 cm³/mol. The average molecular weight is 312 g/mol. The second-order valence-electron chi connectivity index (χ2n) is 5.21. The third-order valence-corrected chi connectivity index (χ3v) is 5.14. The highest BCUT2D eigenvalue weighted by molar-refractivity contribution is 7.16. The number of hydrogen-bond acceptors (Lipinski definition) is 3. The smallest absolute Gasteiger partial charge is 0.0931 e. The second kappa shape index (κ2) is 6.74. The first-order valence-corrected chi connectivity index (χ1v) is 8.11. The van der Waals surface area contributed by atoms with Crippen molar-refractivity contribution in [2.45, 2.75) is 39.2 Å². The van der Waals surface area contributed by atoms with Crippen molar-refractivity contribution in [1.82, 2.24) is 15.1 Å². The fourth-order valence-corrected chi connectivity index (χ4v) is 3.72. The highest BCUT2D eigenvalue weighted by Gasteiger charge is 2.13. The molecule has 0 aliphatic carbocycles. The van der Waals surface area contributed by atoms with Gasteiger partial charge in [0.15, 0.2) is 0 Å². The van der Waals surface area contributed by atoms with Crippen LogP contribution in [0.2, 0.25) is 4.34 Å². The van der Waals surface area contributed by atoms with Gasteiger partial charge in [-0.25, -0.2) is 0 Å². The van der Waals surface area contributed by atoms with Gasteiger partial charge >= 0.3 is 0 Å². The van der Waals surface area contributed by atoms with Crippen molar-refractivity contribution in [3.05, 3.63) is 38.3 Å². The van der Waals surface area contributed by atoms with Crippen molar-refractivity contribution < 1.29 is 0 Å². The Bertz CT molecular complexity index is 574. The van der Waals surface area contributed by atoms with E-state index in [-0.39, 0.29) is 0 Å². The Morgan fingerprint density at radius 3 is 2.65 bits per heavy atom. The Hall–Kier alpha value is -0.840. The molecule has 1 N–H and O–H groups in total. The van der Waals surface area contributed by atoms with Crippen LogP contribution in [-0.4, -0.2) is 22.9 Å². The number of aromatic nitrogens is 2. The maximum atomic E-state index is 5.99. The zero-order valence-corrected chi connectivity index (χ0v) is 14.1. The zero-order chi connectivity index (χ0) is 14.7. The van der Waals surface area contributed by atoms with Gasteiger partial charge in [0, 0.05) is 23.7 Å². The lowest BCUT2D eigenvalue weighted by Gasteiger charge is -2.15. The van der Waals surface area contributed by atoms with Crippen LogP contribution < -0.4 is 5.32 Å². The Morgan fingerprint density at radius 2 is 2.15 bits per heavy atom. The van der Waals surface area contributed by atoms with E-state index in [1.54, 1.807) is 11.3 Å². The minimum atomic E-state index is 0.476. The third kappa shape index (κ3) is 3.62. The Kier molecular flexibility index (Phi) is 5.24. The Labute approximate surface area is 130 Å². The first-order chi connectivity index (χ1) is 9.51. The maximum absolute atomic E-state index is 5.99. The van der Waals surface area contributed by atoms with Gasteiger partial charge in [-0.3, -0.25) is 4.68 Å². The van der Waals surface area contributed by atoms with Crippen molar-refractivity contribution in [1.29, 1.82) is 0 Å². The standard InChI is InChI=1S/C15H22ClN3S/c1-10-14(11(2)19(4)18-10)7-5-12(17-3)9-13-6-8-15(16)20-13/h6,8,12,17H,5,7,9H2,1-4H3. The van der Waals surface area contributed by atoms with E-state index in [4.69, 9.17) is 11.6 Å². The molecule has 110 valence electrons. The summed E-state index contributed by atoms with van der Waals surface area (Å²) in [6.45, 7) is 4.23. The summed E-state index contributed by atoms with van der Waals surface area (Å²) in [5.74, 6) is 0. The second-order valence-corrected chi connectivity index (χ2v) is 7.01. The van der Waals surface area contributed by atoms with Crippen LogP contribution in [-0.2, 0) is 19.9 Å². The molecule has 2 rings (SSSR count). The quantitative estimate of drug-likeness (QED) is 0.884. The lowest BCUT2D eigenvalue weighted by Crippen LogP contribution is -2.27. The van der Waals surface area contributed by atoms with E-state index in [0.29, 0.717) is 6.04 Å². The van der Waals surface area contributed by atoms with E-state index in [9.17, 15) is 0 Å². The number of likely N-dealkylation sites (N-methyl/N-ethyl adjacent to an activating group) is 1. The van der Waals surface area contributed by atoms with E-state index in [0.717, 1.165) is 29.3 Å². The molecule has 0 saturated heterocycles. The van der Waals surface area contributed by atoms with E-state index in [1.807, 2.05) is 24.8 Å². The number of thiophene rings is 1. The first kappa shape index (κ1) is 15.5. The van der Waals surface area contributed by atoms with E-state index < -0.39 is 0 Å². The van der Waals surface area contributed by atoms with Gasteiger partial charge in [0.25, 0.3) is 0 Å². The van der Waals surface area contributed by atoms with Crippen LogP contribution in [0.5, 0.6) is 0 Å². The van der Waals surface area contributed by atoms with Gasteiger partial charge in [-0.15, -0.1) is 11.3 Å². The molecule has 0 aliphatic rings. The molecular weight excluding hydrogens is 290 g/mol. The van der Waals surface area contributed by atoms with Crippen molar-refractivity contribution >= 4 is 22.9 Å². The average Bonchev–Trinajstić information content (AvgIpc) is 2.91. The van der Waals surface area contributed by atoms with Crippen molar-refractivity contribution in [3.8, 4) is 0 Å². The summed E-state index contributed by atoms with van der Waals surface area (Å²) in [4.78, 5) is 1.34. The first-order valence-electron chi connectivity index (χ1n) is 6.91. The molecule has 2 aromatic heterocycles. The molecule has 0 radical (unpaired) electrons. The molecule has 5 heteroatoms. The van der Waals surface area contributed by atoms with Crippen molar-refractivity contribution in [3.63, 3.8) is 0 Å². The topological polar surface area (TPSA) is 29.9 Å². The van der Waals surface area contributed by atoms with E-state index >= 15 is 0 Å². The fraction of sp³-hybridized carbons (Fsp3) is 0.533. The van der Waals surface area contributed by atoms with Crippen LogP contribution in [0.1, 0.15) is 28.2 Å². The number of halogens is 1. The number of hydrogen-bond donors (Lipinski definition) is 1. The lowest BCUT2D eigenvalue weighted by atomic mass is 10.0. The third-order valence-electron chi connectivity index (χ3n) is 3.89. The van der Waals surface area contributed by atoms with Gasteiger partial charge < -0.3 is 5.32 Å². The normalized spacial score (nSPS) is 12.8. The lowest BCUT2D eigenvalue weighted by molar-refractivity contribution is 0.522. The number of rotatable bonds is 6. The molecule has 2 heterocycles. The van der Waals surface area contributed by atoms with Crippen LogP contribution in [0.4, 0.5) is 0 Å². The van der Waals surface area contributed by atoms with Crippen molar-refractivity contribution in [2.24, 2.45) is 7.05 Å². The molecule has 0 spiro atoms. The van der Waals surface area contributed by atoms with Gasteiger partial charge in [-0.2, -0.15) is 5.10 Å². The molecule has 0 fully saturated rings. The molecule has 0 amide bonds. The predicted octanol–water partition coefficient (Wildman–Crippen LogP) is 3.52. The molecule has 1 atom stereocenters. The molecule has 0 saturated carbocycles. The van der Waals surface area contributed by atoms with E-state index in [1.165, 1.54) is 16.1 Å². The molecule has 3 nitrogen and oxygen atoms in total. The summed E-state index contributed by atoms with van der Waals surface area (Å²) in [5, 5.41) is 7.89. The summed E-state index contributed by atoms with van der Waals surface area (Å²) in [7, 11) is 4.04. The SMILES string of the molecule is CNC(CCc1c(C)nn(C)c1C)Cc1ccc(Cl)s1. The van der Waals surface area contributed by atoms with Crippen LogP contribution >= 0.6 is 22.9 Å². The fourth-order valence-electron chi connectivity index (χ4n) is 2.55. The molecule has 20 heavy (non-hydrogen) atoms. The zero-order valence-electron chi connectivity index (χ0n) is 12.5. The minimum Gasteiger partial charge on any atom is -0.317 e. The molecule has 0 bridgehead atoms. The molecule has 0 aromatic carbocycles. The molecule has 2 aromatic rings. The van der Waals surface area contributed by atoms with Crippen LogP contribution in [0.25, 0.3) is 0 Å². The summed E-state index contributed by atoms with van der Waals surface area (Å²) in [6.07, 6.45) is 3.21. The van der Waals surface area contributed by atoms with Gasteiger partial charge in [0.05, 0.1) is 10.0 Å². The Balaban J connectivity index is 1.97. The van der Waals surface area contributed by atoms with Gasteiger partial charge in [0.2, 0.25) is 0 Å². The molecule has 0 aliphatic heterocycles. The molecule has 1 unspecified atom stereocenters. The largest absolute Gasteiger partial charge is 0.317 e. The van der Waals surface area contributed by atoms with Gasteiger partial charge in [-0.1, -0.05) is 11.6 Å². The van der Waals surface area contributed by atoms with Crippen LogP contribution in [0, 0.1) is 13.8 Å². The number of nitrogens with one attached hydrogen (secondary N) is 1.